The number of halogens is 1. The molecule has 1 heterocycles. The van der Waals surface area contributed by atoms with Gasteiger partial charge < -0.3 is 15.5 Å². The standard InChI is InChI=1S/C16H13FN2O2/c1-9-2-4-12(8-13(9)17)19-16(20)15-7-10-6-11(18)3-5-14(10)21-15/h2-8H,18H2,1H3,(H,19,20). The van der Waals surface area contributed by atoms with Crippen molar-refractivity contribution in [3.63, 3.8) is 0 Å². The molecule has 0 unspecified atom stereocenters. The summed E-state index contributed by atoms with van der Waals surface area (Å²) in [5, 5.41) is 3.34. The van der Waals surface area contributed by atoms with Gasteiger partial charge in [-0.3, -0.25) is 4.79 Å². The number of amides is 1. The van der Waals surface area contributed by atoms with Crippen LogP contribution in [0, 0.1) is 12.7 Å². The first-order valence-corrected chi connectivity index (χ1v) is 6.39. The van der Waals surface area contributed by atoms with Gasteiger partial charge in [-0.05, 0) is 48.9 Å². The Morgan fingerprint density at radius 1 is 1.19 bits per heavy atom. The van der Waals surface area contributed by atoms with E-state index in [-0.39, 0.29) is 11.6 Å². The first-order chi connectivity index (χ1) is 10.0. The van der Waals surface area contributed by atoms with Crippen LogP contribution >= 0.6 is 0 Å². The van der Waals surface area contributed by atoms with E-state index in [1.807, 2.05) is 0 Å². The van der Waals surface area contributed by atoms with Crippen LogP contribution in [-0.2, 0) is 0 Å². The van der Waals surface area contributed by atoms with Crippen LogP contribution in [0.4, 0.5) is 15.8 Å². The van der Waals surface area contributed by atoms with Crippen molar-refractivity contribution in [2.75, 3.05) is 11.1 Å². The van der Waals surface area contributed by atoms with Crippen LogP contribution < -0.4 is 11.1 Å². The third-order valence-corrected chi connectivity index (χ3v) is 3.19. The molecule has 0 fully saturated rings. The van der Waals surface area contributed by atoms with E-state index in [1.54, 1.807) is 43.3 Å². The Hall–Kier alpha value is -2.82. The van der Waals surface area contributed by atoms with Gasteiger partial charge in [0.1, 0.15) is 11.4 Å². The topological polar surface area (TPSA) is 68.3 Å². The maximum Gasteiger partial charge on any atom is 0.291 e. The van der Waals surface area contributed by atoms with Crippen LogP contribution in [0.3, 0.4) is 0 Å². The van der Waals surface area contributed by atoms with Gasteiger partial charge in [0.05, 0.1) is 0 Å². The largest absolute Gasteiger partial charge is 0.451 e. The van der Waals surface area contributed by atoms with Crippen molar-refractivity contribution in [1.82, 2.24) is 0 Å². The third kappa shape index (κ3) is 2.58. The molecule has 21 heavy (non-hydrogen) atoms. The summed E-state index contributed by atoms with van der Waals surface area (Å²) in [4.78, 5) is 12.1. The lowest BCUT2D eigenvalue weighted by atomic mass is 10.2. The van der Waals surface area contributed by atoms with Crippen molar-refractivity contribution in [1.29, 1.82) is 0 Å². The Kier molecular flexibility index (Phi) is 3.10. The molecular formula is C16H13FN2O2. The summed E-state index contributed by atoms with van der Waals surface area (Å²) in [7, 11) is 0. The average Bonchev–Trinajstić information content (AvgIpc) is 2.86. The smallest absolute Gasteiger partial charge is 0.291 e. The molecule has 0 aliphatic heterocycles. The Bertz CT molecular complexity index is 839. The highest BCUT2D eigenvalue weighted by Gasteiger charge is 2.13. The van der Waals surface area contributed by atoms with E-state index in [0.717, 1.165) is 5.39 Å². The number of nitrogens with two attached hydrogens (primary N) is 1. The van der Waals surface area contributed by atoms with E-state index in [4.69, 9.17) is 10.2 Å². The lowest BCUT2D eigenvalue weighted by Gasteiger charge is -2.04. The van der Waals surface area contributed by atoms with Gasteiger partial charge in [-0.25, -0.2) is 4.39 Å². The molecule has 3 N–H and O–H groups in total. The van der Waals surface area contributed by atoms with E-state index in [9.17, 15) is 9.18 Å². The Balaban J connectivity index is 1.87. The molecule has 3 rings (SSSR count). The van der Waals surface area contributed by atoms with Gasteiger partial charge in [-0.2, -0.15) is 0 Å². The van der Waals surface area contributed by atoms with Crippen LogP contribution in [0.2, 0.25) is 0 Å². The number of fused-ring (bicyclic) bond motifs is 1. The molecule has 0 bridgehead atoms. The fourth-order valence-corrected chi connectivity index (χ4v) is 2.04. The molecule has 3 aromatic rings. The SMILES string of the molecule is Cc1ccc(NC(=O)c2cc3cc(N)ccc3o2)cc1F. The molecule has 1 aromatic heterocycles. The molecule has 0 aliphatic rings. The number of hydrogen-bond acceptors (Lipinski definition) is 3. The van der Waals surface area contributed by atoms with Gasteiger partial charge in [-0.15, -0.1) is 0 Å². The summed E-state index contributed by atoms with van der Waals surface area (Å²) in [5.41, 5.74) is 7.75. The molecule has 1 amide bonds. The number of hydrogen-bond donors (Lipinski definition) is 2. The summed E-state index contributed by atoms with van der Waals surface area (Å²) in [6.45, 7) is 1.66. The first kappa shape index (κ1) is 13.2. The molecule has 4 nitrogen and oxygen atoms in total. The number of anilines is 2. The lowest BCUT2D eigenvalue weighted by Crippen LogP contribution is -2.11. The minimum Gasteiger partial charge on any atom is -0.451 e. The van der Waals surface area contributed by atoms with Gasteiger partial charge in [-0.1, -0.05) is 6.07 Å². The second kappa shape index (κ2) is 4.94. The molecule has 0 saturated heterocycles. The van der Waals surface area contributed by atoms with E-state index in [1.165, 1.54) is 6.07 Å². The number of benzene rings is 2. The zero-order valence-electron chi connectivity index (χ0n) is 11.3. The predicted octanol–water partition coefficient (Wildman–Crippen LogP) is 3.71. The minimum absolute atomic E-state index is 0.150. The first-order valence-electron chi connectivity index (χ1n) is 6.39. The van der Waals surface area contributed by atoms with Crippen LogP contribution in [0.5, 0.6) is 0 Å². The summed E-state index contributed by atoms with van der Waals surface area (Å²) in [5.74, 6) is -0.658. The number of carbonyl (C=O) groups is 1. The number of nitrogens with one attached hydrogen (secondary N) is 1. The highest BCUT2D eigenvalue weighted by Crippen LogP contribution is 2.23. The lowest BCUT2D eigenvalue weighted by molar-refractivity contribution is 0.0998. The highest BCUT2D eigenvalue weighted by atomic mass is 19.1. The summed E-state index contributed by atoms with van der Waals surface area (Å²) >= 11 is 0. The molecular weight excluding hydrogens is 271 g/mol. The van der Waals surface area contributed by atoms with E-state index >= 15 is 0 Å². The van der Waals surface area contributed by atoms with Gasteiger partial charge >= 0.3 is 0 Å². The van der Waals surface area contributed by atoms with Crippen molar-refractivity contribution in [2.24, 2.45) is 0 Å². The highest BCUT2D eigenvalue weighted by molar-refractivity contribution is 6.04. The minimum atomic E-state index is -0.437. The van der Waals surface area contributed by atoms with Crippen molar-refractivity contribution in [3.05, 3.63) is 59.6 Å². The number of furan rings is 1. The fraction of sp³-hybridized carbons (Fsp3) is 0.0625. The van der Waals surface area contributed by atoms with Crippen molar-refractivity contribution < 1.29 is 13.6 Å². The van der Waals surface area contributed by atoms with Crippen LogP contribution in [-0.4, -0.2) is 5.91 Å². The number of rotatable bonds is 2. The predicted molar refractivity (Wildman–Crippen MR) is 79.7 cm³/mol. The van der Waals surface area contributed by atoms with E-state index in [0.29, 0.717) is 22.5 Å². The van der Waals surface area contributed by atoms with Crippen LogP contribution in [0.25, 0.3) is 11.0 Å². The zero-order chi connectivity index (χ0) is 15.0. The third-order valence-electron chi connectivity index (χ3n) is 3.19. The normalized spacial score (nSPS) is 10.8. The fourth-order valence-electron chi connectivity index (χ4n) is 2.04. The molecule has 2 aromatic carbocycles. The Morgan fingerprint density at radius 2 is 2.00 bits per heavy atom. The van der Waals surface area contributed by atoms with Gasteiger partial charge in [0, 0.05) is 16.8 Å². The van der Waals surface area contributed by atoms with Crippen molar-refractivity contribution in [2.45, 2.75) is 6.92 Å². The molecule has 0 spiro atoms. The summed E-state index contributed by atoms with van der Waals surface area (Å²) < 4.78 is 18.9. The molecule has 106 valence electrons. The molecule has 0 aliphatic carbocycles. The second-order valence-corrected chi connectivity index (χ2v) is 4.83. The number of carbonyl (C=O) groups excluding carboxylic acids is 1. The molecule has 0 atom stereocenters. The average molecular weight is 284 g/mol. The molecule has 5 heteroatoms. The van der Waals surface area contributed by atoms with Crippen LogP contribution in [0.15, 0.2) is 46.9 Å². The summed E-state index contributed by atoms with van der Waals surface area (Å²) in [6, 6.07) is 11.2. The molecule has 0 radical (unpaired) electrons. The van der Waals surface area contributed by atoms with Crippen molar-refractivity contribution >= 4 is 28.3 Å². The van der Waals surface area contributed by atoms with Gasteiger partial charge in [0.25, 0.3) is 5.91 Å². The maximum absolute atomic E-state index is 13.5. The zero-order valence-corrected chi connectivity index (χ0v) is 11.3. The summed E-state index contributed by atoms with van der Waals surface area (Å²) in [6.07, 6.45) is 0. The van der Waals surface area contributed by atoms with Crippen molar-refractivity contribution in [3.8, 4) is 0 Å². The molecule has 0 saturated carbocycles. The Morgan fingerprint density at radius 3 is 2.76 bits per heavy atom. The quantitative estimate of drug-likeness (QED) is 0.705. The van der Waals surface area contributed by atoms with Crippen LogP contribution in [0.1, 0.15) is 16.1 Å². The van der Waals surface area contributed by atoms with Gasteiger partial charge in [0.15, 0.2) is 5.76 Å². The number of nitrogen functional groups attached to an aromatic ring is 1. The number of aryl methyl sites for hydroxylation is 1. The maximum atomic E-state index is 13.5. The van der Waals surface area contributed by atoms with E-state index < -0.39 is 5.91 Å². The monoisotopic (exact) mass is 284 g/mol. The Labute approximate surface area is 120 Å². The second-order valence-electron chi connectivity index (χ2n) is 4.83. The van der Waals surface area contributed by atoms with E-state index in [2.05, 4.69) is 5.32 Å². The van der Waals surface area contributed by atoms with Gasteiger partial charge in [0.2, 0.25) is 0 Å².